The Hall–Kier alpha value is -0.610. The van der Waals surface area contributed by atoms with Crippen LogP contribution in [0.4, 0.5) is 0 Å². The summed E-state index contributed by atoms with van der Waals surface area (Å²) in [6.45, 7) is 7.37. The van der Waals surface area contributed by atoms with E-state index in [0.717, 1.165) is 26.1 Å². The lowest BCUT2D eigenvalue weighted by Crippen LogP contribution is -2.43. The Morgan fingerprint density at radius 3 is 2.59 bits per heavy atom. The van der Waals surface area contributed by atoms with Gasteiger partial charge >= 0.3 is 5.97 Å². The smallest absolute Gasteiger partial charge is 0.322 e. The Kier molecular flexibility index (Phi) is 6.52. The third kappa shape index (κ3) is 5.50. The average molecular weight is 242 g/mol. The third-order valence-electron chi connectivity index (χ3n) is 3.30. The highest BCUT2D eigenvalue weighted by Crippen LogP contribution is 2.12. The maximum Gasteiger partial charge on any atom is 0.322 e. The van der Waals surface area contributed by atoms with E-state index in [1.165, 1.54) is 20.0 Å². The van der Waals surface area contributed by atoms with Crippen LogP contribution >= 0.6 is 0 Å². The van der Waals surface area contributed by atoms with Crippen LogP contribution < -0.4 is 10.6 Å². The number of nitrogens with one attached hydrogen (secondary N) is 2. The Bertz CT molecular complexity index is 225. The highest BCUT2D eigenvalue weighted by Gasteiger charge is 2.22. The molecule has 4 nitrogen and oxygen atoms in total. The summed E-state index contributed by atoms with van der Waals surface area (Å²) in [5.74, 6) is 1.06. The molecule has 1 aliphatic heterocycles. The van der Waals surface area contributed by atoms with Gasteiger partial charge in [-0.15, -0.1) is 0 Å². The van der Waals surface area contributed by atoms with Gasteiger partial charge in [0.25, 0.3) is 0 Å². The number of hydrogen-bond donors (Lipinski definition) is 2. The molecule has 1 heterocycles. The van der Waals surface area contributed by atoms with Gasteiger partial charge in [-0.1, -0.05) is 13.8 Å². The number of carbonyl (C=O) groups is 1. The predicted molar refractivity (Wildman–Crippen MR) is 68.9 cm³/mol. The fraction of sp³-hybridized carbons (Fsp3) is 0.923. The quantitative estimate of drug-likeness (QED) is 0.686. The van der Waals surface area contributed by atoms with Crippen LogP contribution in [-0.4, -0.2) is 38.8 Å². The molecule has 100 valence electrons. The lowest BCUT2D eigenvalue weighted by molar-refractivity contribution is -0.143. The van der Waals surface area contributed by atoms with E-state index in [9.17, 15) is 4.79 Å². The van der Waals surface area contributed by atoms with Crippen molar-refractivity contribution >= 4 is 5.97 Å². The number of ether oxygens (including phenoxy) is 1. The van der Waals surface area contributed by atoms with Crippen molar-refractivity contribution in [1.29, 1.82) is 0 Å². The van der Waals surface area contributed by atoms with Crippen molar-refractivity contribution in [2.45, 2.75) is 39.2 Å². The second kappa shape index (κ2) is 7.67. The van der Waals surface area contributed by atoms with E-state index in [2.05, 4.69) is 24.5 Å². The van der Waals surface area contributed by atoms with Gasteiger partial charge in [-0.2, -0.15) is 0 Å². The van der Waals surface area contributed by atoms with Crippen LogP contribution in [-0.2, 0) is 9.53 Å². The molecular formula is C13H26N2O2. The minimum Gasteiger partial charge on any atom is -0.468 e. The van der Waals surface area contributed by atoms with Gasteiger partial charge in [0.15, 0.2) is 0 Å². The van der Waals surface area contributed by atoms with E-state index in [1.54, 1.807) is 0 Å². The van der Waals surface area contributed by atoms with Crippen molar-refractivity contribution in [3.63, 3.8) is 0 Å². The van der Waals surface area contributed by atoms with Crippen LogP contribution in [0, 0.1) is 11.8 Å². The molecule has 0 saturated carbocycles. The summed E-state index contributed by atoms with van der Waals surface area (Å²) in [5, 5.41) is 6.72. The number of hydrogen-bond acceptors (Lipinski definition) is 4. The van der Waals surface area contributed by atoms with Gasteiger partial charge in [0.2, 0.25) is 0 Å². The van der Waals surface area contributed by atoms with E-state index < -0.39 is 0 Å². The summed E-state index contributed by atoms with van der Waals surface area (Å²) in [7, 11) is 1.46. The van der Waals surface area contributed by atoms with E-state index in [4.69, 9.17) is 4.74 Å². The maximum atomic E-state index is 11.6. The molecule has 0 bridgehead atoms. The monoisotopic (exact) mass is 242 g/mol. The van der Waals surface area contributed by atoms with Gasteiger partial charge in [0.1, 0.15) is 6.04 Å². The second-order valence-corrected chi connectivity index (χ2v) is 5.31. The van der Waals surface area contributed by atoms with Crippen molar-refractivity contribution in [3.05, 3.63) is 0 Å². The van der Waals surface area contributed by atoms with Crippen molar-refractivity contribution in [2.24, 2.45) is 11.8 Å². The minimum atomic E-state index is -0.144. The number of piperidine rings is 1. The lowest BCUT2D eigenvalue weighted by Gasteiger charge is -2.25. The molecule has 0 radical (unpaired) electrons. The van der Waals surface area contributed by atoms with Crippen molar-refractivity contribution in [2.75, 3.05) is 26.7 Å². The van der Waals surface area contributed by atoms with Crippen LogP contribution in [0.1, 0.15) is 33.1 Å². The Balaban J connectivity index is 2.34. The minimum absolute atomic E-state index is 0.132. The number of esters is 1. The normalized spacial score (nSPS) is 19.3. The molecule has 0 spiro atoms. The molecule has 2 N–H and O–H groups in total. The van der Waals surface area contributed by atoms with Gasteiger partial charge in [-0.3, -0.25) is 4.79 Å². The first-order valence-electron chi connectivity index (χ1n) is 6.65. The molecule has 1 unspecified atom stereocenters. The van der Waals surface area contributed by atoms with Crippen molar-refractivity contribution in [1.82, 2.24) is 10.6 Å². The molecule has 1 aliphatic rings. The third-order valence-corrected chi connectivity index (χ3v) is 3.30. The predicted octanol–water partition coefficient (Wildman–Crippen LogP) is 1.16. The van der Waals surface area contributed by atoms with Gasteiger partial charge < -0.3 is 15.4 Å². The van der Waals surface area contributed by atoms with Gasteiger partial charge in [-0.05, 0) is 50.7 Å². The molecule has 17 heavy (non-hydrogen) atoms. The second-order valence-electron chi connectivity index (χ2n) is 5.31. The molecule has 0 aromatic heterocycles. The molecule has 1 atom stereocenters. The summed E-state index contributed by atoms with van der Waals surface area (Å²) in [6, 6.07) is -0.144. The highest BCUT2D eigenvalue weighted by atomic mass is 16.5. The SMILES string of the molecule is COC(=O)C(CC(C)C)NCC1CCNCC1. The van der Waals surface area contributed by atoms with Gasteiger partial charge in [-0.25, -0.2) is 0 Å². The number of carbonyl (C=O) groups excluding carboxylic acids is 1. The van der Waals surface area contributed by atoms with Crippen LogP contribution in [0.2, 0.25) is 0 Å². The van der Waals surface area contributed by atoms with Crippen molar-refractivity contribution in [3.8, 4) is 0 Å². The zero-order valence-corrected chi connectivity index (χ0v) is 11.3. The zero-order chi connectivity index (χ0) is 12.7. The first-order valence-corrected chi connectivity index (χ1v) is 6.65. The average Bonchev–Trinajstić information content (AvgIpc) is 2.34. The van der Waals surface area contributed by atoms with Gasteiger partial charge in [0, 0.05) is 0 Å². The molecule has 0 aliphatic carbocycles. The molecule has 0 aromatic rings. The molecule has 1 rings (SSSR count). The first kappa shape index (κ1) is 14.5. The fourth-order valence-corrected chi connectivity index (χ4v) is 2.27. The molecule has 0 amide bonds. The molecule has 4 heteroatoms. The van der Waals surface area contributed by atoms with E-state index in [-0.39, 0.29) is 12.0 Å². The van der Waals surface area contributed by atoms with E-state index in [0.29, 0.717) is 11.8 Å². The summed E-state index contributed by atoms with van der Waals surface area (Å²) >= 11 is 0. The largest absolute Gasteiger partial charge is 0.468 e. The summed E-state index contributed by atoms with van der Waals surface area (Å²) in [6.07, 6.45) is 3.24. The highest BCUT2D eigenvalue weighted by molar-refractivity contribution is 5.75. The first-order chi connectivity index (χ1) is 8.13. The van der Waals surface area contributed by atoms with Gasteiger partial charge in [0.05, 0.1) is 7.11 Å². The van der Waals surface area contributed by atoms with E-state index >= 15 is 0 Å². The summed E-state index contributed by atoms with van der Waals surface area (Å²) in [4.78, 5) is 11.6. The number of rotatable bonds is 6. The maximum absolute atomic E-state index is 11.6. The van der Waals surface area contributed by atoms with E-state index in [1.807, 2.05) is 0 Å². The molecule has 1 saturated heterocycles. The molecule has 1 fully saturated rings. The summed E-state index contributed by atoms with van der Waals surface area (Å²) < 4.78 is 4.84. The van der Waals surface area contributed by atoms with Crippen LogP contribution in [0.3, 0.4) is 0 Å². The lowest BCUT2D eigenvalue weighted by atomic mass is 9.97. The Labute approximate surface area is 104 Å². The van der Waals surface area contributed by atoms with Crippen LogP contribution in [0.15, 0.2) is 0 Å². The van der Waals surface area contributed by atoms with Crippen LogP contribution in [0.5, 0.6) is 0 Å². The standard InChI is InChI=1S/C13H26N2O2/c1-10(2)8-12(13(16)17-3)15-9-11-4-6-14-7-5-11/h10-12,14-15H,4-9H2,1-3H3. The number of methoxy groups -OCH3 is 1. The van der Waals surface area contributed by atoms with Crippen LogP contribution in [0.25, 0.3) is 0 Å². The zero-order valence-electron chi connectivity index (χ0n) is 11.3. The Morgan fingerprint density at radius 1 is 1.41 bits per heavy atom. The van der Waals surface area contributed by atoms with Crippen molar-refractivity contribution < 1.29 is 9.53 Å². The summed E-state index contributed by atoms with van der Waals surface area (Å²) in [5.41, 5.74) is 0. The molecular weight excluding hydrogens is 216 g/mol. The fourth-order valence-electron chi connectivity index (χ4n) is 2.27. The topological polar surface area (TPSA) is 50.4 Å². The molecule has 0 aromatic carbocycles. The Morgan fingerprint density at radius 2 is 2.06 bits per heavy atom.